The molecule has 1 aliphatic heterocycles. The Bertz CT molecular complexity index is 628. The van der Waals surface area contributed by atoms with Crippen LogP contribution in [-0.2, 0) is 9.59 Å². The van der Waals surface area contributed by atoms with Crippen LogP contribution in [0.5, 0.6) is 5.75 Å². The number of anilines is 1. The molecule has 1 fully saturated rings. The summed E-state index contributed by atoms with van der Waals surface area (Å²) in [6, 6.07) is 7.88. The minimum absolute atomic E-state index is 0.0118. The number of rotatable bonds is 4. The van der Waals surface area contributed by atoms with E-state index in [0.29, 0.717) is 18.3 Å². The summed E-state index contributed by atoms with van der Waals surface area (Å²) in [6.07, 6.45) is 5.41. The summed E-state index contributed by atoms with van der Waals surface area (Å²) in [4.78, 5) is 28.9. The zero-order valence-electron chi connectivity index (χ0n) is 15.0. The van der Waals surface area contributed by atoms with Crippen LogP contribution in [0.3, 0.4) is 0 Å². The molecule has 1 N–H and O–H groups in total. The highest BCUT2D eigenvalue weighted by Gasteiger charge is 2.34. The highest BCUT2D eigenvalue weighted by molar-refractivity contribution is 5.98. The lowest BCUT2D eigenvalue weighted by Gasteiger charge is -2.36. The lowest BCUT2D eigenvalue weighted by Crippen LogP contribution is -2.52. The lowest BCUT2D eigenvalue weighted by molar-refractivity contribution is -0.128. The van der Waals surface area contributed by atoms with Crippen LogP contribution >= 0.6 is 0 Å². The smallest absolute Gasteiger partial charge is 0.262 e. The summed E-state index contributed by atoms with van der Waals surface area (Å²) in [5.74, 6) is 0.377. The molecule has 0 spiro atoms. The van der Waals surface area contributed by atoms with Crippen molar-refractivity contribution >= 4 is 17.5 Å². The first-order chi connectivity index (χ1) is 12.1. The third-order valence-corrected chi connectivity index (χ3v) is 5.20. The van der Waals surface area contributed by atoms with Gasteiger partial charge in [-0.05, 0) is 32.0 Å². The van der Waals surface area contributed by atoms with Crippen LogP contribution in [0.25, 0.3) is 0 Å². The fraction of sp³-hybridized carbons (Fsp3) is 0.579. The van der Waals surface area contributed by atoms with E-state index >= 15 is 0 Å². The Hall–Kier alpha value is -2.08. The van der Waals surface area contributed by atoms with Crippen molar-refractivity contribution in [2.75, 3.05) is 32.1 Å². The second-order valence-corrected chi connectivity index (χ2v) is 6.90. The Morgan fingerprint density at radius 1 is 1.24 bits per heavy atom. The number of likely N-dealkylation sites (N-methyl/N-ethyl adjacent to an activating group) is 2. The summed E-state index contributed by atoms with van der Waals surface area (Å²) in [5.41, 5.74) is 0.740. The van der Waals surface area contributed by atoms with E-state index in [1.54, 1.807) is 18.0 Å². The molecule has 3 rings (SSSR count). The molecule has 1 atom stereocenters. The predicted molar refractivity (Wildman–Crippen MR) is 96.8 cm³/mol. The Labute approximate surface area is 149 Å². The molecule has 0 unspecified atom stereocenters. The van der Waals surface area contributed by atoms with Crippen LogP contribution in [-0.4, -0.2) is 56.0 Å². The summed E-state index contributed by atoms with van der Waals surface area (Å²) in [5, 5.41) is 2.61. The van der Waals surface area contributed by atoms with Crippen molar-refractivity contribution in [3.8, 4) is 5.75 Å². The lowest BCUT2D eigenvalue weighted by atomic mass is 9.94. The van der Waals surface area contributed by atoms with Gasteiger partial charge in [0.1, 0.15) is 5.75 Å². The van der Waals surface area contributed by atoms with E-state index in [-0.39, 0.29) is 18.4 Å². The second-order valence-electron chi connectivity index (χ2n) is 6.90. The average molecular weight is 345 g/mol. The summed E-state index contributed by atoms with van der Waals surface area (Å²) in [7, 11) is 3.60. The first-order valence-corrected chi connectivity index (χ1v) is 9.08. The largest absolute Gasteiger partial charge is 0.477 e. The van der Waals surface area contributed by atoms with Crippen LogP contribution in [0, 0.1) is 0 Å². The Kier molecular flexibility index (Phi) is 5.58. The van der Waals surface area contributed by atoms with Crippen LogP contribution in [0.4, 0.5) is 5.69 Å². The van der Waals surface area contributed by atoms with E-state index in [2.05, 4.69) is 10.2 Å². The number of nitrogens with zero attached hydrogens (tertiary/aromatic N) is 2. The van der Waals surface area contributed by atoms with Crippen molar-refractivity contribution in [2.24, 2.45) is 0 Å². The van der Waals surface area contributed by atoms with Crippen LogP contribution in [0.1, 0.15) is 32.1 Å². The molecule has 136 valence electrons. The third kappa shape index (κ3) is 3.95. The molecule has 0 saturated heterocycles. The van der Waals surface area contributed by atoms with Gasteiger partial charge in [0.15, 0.2) is 6.10 Å². The van der Waals surface area contributed by atoms with Gasteiger partial charge in [0, 0.05) is 13.1 Å². The average Bonchev–Trinajstić information content (AvgIpc) is 2.67. The Morgan fingerprint density at radius 3 is 2.68 bits per heavy atom. The number of nitrogens with one attached hydrogen (secondary N) is 1. The van der Waals surface area contributed by atoms with E-state index in [1.807, 2.05) is 25.2 Å². The van der Waals surface area contributed by atoms with Crippen molar-refractivity contribution in [1.82, 2.24) is 10.2 Å². The maximum absolute atomic E-state index is 13.0. The molecule has 6 heteroatoms. The molecule has 1 heterocycles. The zero-order valence-corrected chi connectivity index (χ0v) is 15.0. The molecule has 2 amide bonds. The van der Waals surface area contributed by atoms with E-state index in [9.17, 15) is 9.59 Å². The summed E-state index contributed by atoms with van der Waals surface area (Å²) < 4.78 is 5.77. The molecular formula is C19H27N3O3. The van der Waals surface area contributed by atoms with Gasteiger partial charge in [-0.1, -0.05) is 31.4 Å². The van der Waals surface area contributed by atoms with Gasteiger partial charge in [-0.3, -0.25) is 14.5 Å². The van der Waals surface area contributed by atoms with Crippen molar-refractivity contribution in [3.05, 3.63) is 24.3 Å². The van der Waals surface area contributed by atoms with Crippen molar-refractivity contribution in [2.45, 2.75) is 44.2 Å². The molecule has 0 radical (unpaired) electrons. The molecule has 2 aliphatic rings. The van der Waals surface area contributed by atoms with Gasteiger partial charge in [0.25, 0.3) is 5.91 Å². The number of hydrogen-bond donors (Lipinski definition) is 1. The highest BCUT2D eigenvalue weighted by atomic mass is 16.5. The van der Waals surface area contributed by atoms with Gasteiger partial charge in [0.05, 0.1) is 18.8 Å². The number of fused-ring (bicyclic) bond motifs is 1. The molecular weight excluding hydrogens is 318 g/mol. The van der Waals surface area contributed by atoms with Crippen molar-refractivity contribution in [1.29, 1.82) is 0 Å². The quantitative estimate of drug-likeness (QED) is 0.904. The van der Waals surface area contributed by atoms with Crippen LogP contribution < -0.4 is 15.0 Å². The normalized spacial score (nSPS) is 20.8. The molecule has 1 aromatic rings. The number of para-hydroxylation sites is 2. The van der Waals surface area contributed by atoms with Crippen LogP contribution in [0.2, 0.25) is 0 Å². The van der Waals surface area contributed by atoms with Gasteiger partial charge < -0.3 is 15.0 Å². The Balaban J connectivity index is 1.74. The monoisotopic (exact) mass is 345 g/mol. The van der Waals surface area contributed by atoms with Crippen molar-refractivity contribution < 1.29 is 14.3 Å². The molecule has 1 saturated carbocycles. The number of ether oxygens (including phenoxy) is 1. The minimum atomic E-state index is -0.677. The number of carbonyl (C=O) groups excluding carboxylic acids is 2. The zero-order chi connectivity index (χ0) is 17.8. The topological polar surface area (TPSA) is 61.9 Å². The number of hydrogen-bond acceptors (Lipinski definition) is 4. The molecule has 1 aliphatic carbocycles. The summed E-state index contributed by atoms with van der Waals surface area (Å²) >= 11 is 0. The molecule has 25 heavy (non-hydrogen) atoms. The first-order valence-electron chi connectivity index (χ1n) is 9.08. The maximum atomic E-state index is 13.0. The van der Waals surface area contributed by atoms with Gasteiger partial charge in [-0.25, -0.2) is 0 Å². The highest BCUT2D eigenvalue weighted by Crippen LogP contribution is 2.33. The van der Waals surface area contributed by atoms with E-state index in [0.717, 1.165) is 18.5 Å². The van der Waals surface area contributed by atoms with Gasteiger partial charge in [-0.2, -0.15) is 0 Å². The fourth-order valence-electron chi connectivity index (χ4n) is 3.72. The van der Waals surface area contributed by atoms with Gasteiger partial charge >= 0.3 is 0 Å². The predicted octanol–water partition coefficient (Wildman–Crippen LogP) is 1.79. The van der Waals surface area contributed by atoms with Crippen molar-refractivity contribution in [3.63, 3.8) is 0 Å². The SMILES string of the molecule is CNC(=O)[C@@H]1CN(C(=O)CN(C)C2CCCCC2)c2ccccc2O1. The summed E-state index contributed by atoms with van der Waals surface area (Å²) in [6.45, 7) is 0.605. The van der Waals surface area contributed by atoms with Crippen LogP contribution in [0.15, 0.2) is 24.3 Å². The molecule has 1 aromatic carbocycles. The number of benzene rings is 1. The first kappa shape index (κ1) is 17.7. The van der Waals surface area contributed by atoms with E-state index < -0.39 is 6.10 Å². The van der Waals surface area contributed by atoms with Gasteiger partial charge in [-0.15, -0.1) is 0 Å². The second kappa shape index (κ2) is 7.87. The fourth-order valence-corrected chi connectivity index (χ4v) is 3.72. The number of carbonyl (C=O) groups is 2. The maximum Gasteiger partial charge on any atom is 0.262 e. The number of amides is 2. The molecule has 0 bridgehead atoms. The van der Waals surface area contributed by atoms with E-state index in [1.165, 1.54) is 19.3 Å². The standard InChI is InChI=1S/C19H27N3O3/c1-20-19(24)17-12-22(15-10-6-7-11-16(15)25-17)18(23)13-21(2)14-8-4-3-5-9-14/h6-7,10-11,14,17H,3-5,8-9,12-13H2,1-2H3,(H,20,24)/t17-/m0/s1. The van der Waals surface area contributed by atoms with E-state index in [4.69, 9.17) is 4.74 Å². The minimum Gasteiger partial charge on any atom is -0.477 e. The molecule has 0 aromatic heterocycles. The molecule has 6 nitrogen and oxygen atoms in total. The third-order valence-electron chi connectivity index (χ3n) is 5.20. The Morgan fingerprint density at radius 2 is 1.96 bits per heavy atom. The van der Waals surface area contributed by atoms with Gasteiger partial charge in [0.2, 0.25) is 5.91 Å².